The summed E-state index contributed by atoms with van der Waals surface area (Å²) in [6.07, 6.45) is -0.0261. The van der Waals surface area contributed by atoms with E-state index in [1.807, 2.05) is 22.6 Å². The Morgan fingerprint density at radius 3 is 2.75 bits per heavy atom. The quantitative estimate of drug-likeness (QED) is 0.662. The molecule has 1 aromatic carbocycles. The van der Waals surface area contributed by atoms with Gasteiger partial charge in [-0.15, -0.1) is 5.92 Å². The average molecular weight is 330 g/mol. The van der Waals surface area contributed by atoms with E-state index in [-0.39, 0.29) is 18.1 Å². The molecule has 0 aliphatic carbocycles. The van der Waals surface area contributed by atoms with E-state index >= 15 is 0 Å². The summed E-state index contributed by atoms with van der Waals surface area (Å²) in [7, 11) is 0. The van der Waals surface area contributed by atoms with Gasteiger partial charge in [0.05, 0.1) is 15.9 Å². The Bertz CT molecular complexity index is 457. The third kappa shape index (κ3) is 3.42. The summed E-state index contributed by atoms with van der Waals surface area (Å²) in [6.45, 7) is 1.68. The Balaban J connectivity index is 3.04. The Labute approximate surface area is 108 Å². The molecule has 0 radical (unpaired) electrons. The first-order chi connectivity index (χ1) is 7.54. The fourth-order valence-electron chi connectivity index (χ4n) is 1.34. The van der Waals surface area contributed by atoms with Crippen molar-refractivity contribution >= 4 is 28.6 Å². The molecule has 0 aliphatic heterocycles. The molecule has 0 bridgehead atoms. The SMILES string of the molecule is CC#CC(CC(=O)O)c1ccc(O)c(I)c1. The van der Waals surface area contributed by atoms with Gasteiger partial charge < -0.3 is 10.2 Å². The van der Waals surface area contributed by atoms with Crippen molar-refractivity contribution in [3.05, 3.63) is 27.3 Å². The minimum absolute atomic E-state index is 0.0261. The standard InChI is InChI=1S/C12H11IO3/c1-2-3-8(7-12(15)16)9-4-5-11(14)10(13)6-9/h4-6,8,14H,7H2,1H3,(H,15,16). The fourth-order valence-corrected chi connectivity index (χ4v) is 1.88. The molecule has 0 fully saturated rings. The van der Waals surface area contributed by atoms with Gasteiger partial charge in [0, 0.05) is 0 Å². The van der Waals surface area contributed by atoms with Gasteiger partial charge in [0.15, 0.2) is 0 Å². The van der Waals surface area contributed by atoms with Crippen LogP contribution in [-0.2, 0) is 4.79 Å². The van der Waals surface area contributed by atoms with E-state index in [9.17, 15) is 9.90 Å². The third-order valence-corrected chi connectivity index (χ3v) is 2.94. The summed E-state index contributed by atoms with van der Waals surface area (Å²) < 4.78 is 0.698. The van der Waals surface area contributed by atoms with Gasteiger partial charge in [-0.2, -0.15) is 0 Å². The van der Waals surface area contributed by atoms with Crippen LogP contribution < -0.4 is 0 Å². The van der Waals surface area contributed by atoms with Crippen LogP contribution in [0.2, 0.25) is 0 Å². The smallest absolute Gasteiger partial charge is 0.304 e. The highest BCUT2D eigenvalue weighted by Crippen LogP contribution is 2.26. The summed E-state index contributed by atoms with van der Waals surface area (Å²) in [6, 6.07) is 5.02. The highest BCUT2D eigenvalue weighted by atomic mass is 127. The van der Waals surface area contributed by atoms with Gasteiger partial charge in [0.25, 0.3) is 0 Å². The molecule has 2 N–H and O–H groups in total. The van der Waals surface area contributed by atoms with Crippen LogP contribution in [-0.4, -0.2) is 16.2 Å². The number of phenols is 1. The third-order valence-electron chi connectivity index (χ3n) is 2.07. The zero-order valence-corrected chi connectivity index (χ0v) is 10.9. The van der Waals surface area contributed by atoms with Gasteiger partial charge in [0.1, 0.15) is 5.75 Å². The van der Waals surface area contributed by atoms with Crippen LogP contribution in [0.15, 0.2) is 18.2 Å². The number of hydrogen-bond donors (Lipinski definition) is 2. The van der Waals surface area contributed by atoms with Crippen molar-refractivity contribution < 1.29 is 15.0 Å². The minimum atomic E-state index is -0.879. The van der Waals surface area contributed by atoms with Gasteiger partial charge in [-0.05, 0) is 47.2 Å². The number of benzene rings is 1. The number of aromatic hydroxyl groups is 1. The van der Waals surface area contributed by atoms with Crippen LogP contribution in [0.5, 0.6) is 5.75 Å². The molecular weight excluding hydrogens is 319 g/mol. The van der Waals surface area contributed by atoms with Crippen molar-refractivity contribution in [3.63, 3.8) is 0 Å². The van der Waals surface area contributed by atoms with E-state index in [0.717, 1.165) is 5.56 Å². The first kappa shape index (κ1) is 12.8. The zero-order chi connectivity index (χ0) is 12.1. The second-order valence-electron chi connectivity index (χ2n) is 3.26. The number of halogens is 1. The monoisotopic (exact) mass is 330 g/mol. The maximum absolute atomic E-state index is 10.7. The van der Waals surface area contributed by atoms with Crippen LogP contribution in [0, 0.1) is 15.4 Å². The van der Waals surface area contributed by atoms with Gasteiger partial charge in [0.2, 0.25) is 0 Å². The molecule has 1 aromatic rings. The van der Waals surface area contributed by atoms with E-state index in [2.05, 4.69) is 11.8 Å². The topological polar surface area (TPSA) is 57.5 Å². The Morgan fingerprint density at radius 1 is 1.56 bits per heavy atom. The second-order valence-corrected chi connectivity index (χ2v) is 4.42. The Morgan fingerprint density at radius 2 is 2.25 bits per heavy atom. The van der Waals surface area contributed by atoms with Crippen molar-refractivity contribution in [1.82, 2.24) is 0 Å². The van der Waals surface area contributed by atoms with E-state index in [1.54, 1.807) is 25.1 Å². The highest BCUT2D eigenvalue weighted by Gasteiger charge is 2.14. The van der Waals surface area contributed by atoms with Crippen molar-refractivity contribution in [2.45, 2.75) is 19.3 Å². The largest absolute Gasteiger partial charge is 0.507 e. The Kier molecular flexibility index (Phi) is 4.62. The van der Waals surface area contributed by atoms with E-state index in [0.29, 0.717) is 3.57 Å². The van der Waals surface area contributed by atoms with E-state index in [1.165, 1.54) is 0 Å². The lowest BCUT2D eigenvalue weighted by molar-refractivity contribution is -0.137. The molecule has 16 heavy (non-hydrogen) atoms. The molecule has 0 heterocycles. The Hall–Kier alpha value is -1.22. The molecule has 0 aromatic heterocycles. The molecule has 0 saturated heterocycles. The zero-order valence-electron chi connectivity index (χ0n) is 8.70. The minimum Gasteiger partial charge on any atom is -0.507 e. The first-order valence-corrected chi connectivity index (χ1v) is 5.75. The van der Waals surface area contributed by atoms with Crippen LogP contribution in [0.3, 0.4) is 0 Å². The number of rotatable bonds is 3. The number of phenolic OH excluding ortho intramolecular Hbond substituents is 1. The van der Waals surface area contributed by atoms with Crippen molar-refractivity contribution in [3.8, 4) is 17.6 Å². The van der Waals surface area contributed by atoms with Gasteiger partial charge in [-0.3, -0.25) is 4.79 Å². The molecular formula is C12H11IO3. The van der Waals surface area contributed by atoms with E-state index in [4.69, 9.17) is 5.11 Å². The lowest BCUT2D eigenvalue weighted by Crippen LogP contribution is -2.04. The van der Waals surface area contributed by atoms with Crippen molar-refractivity contribution in [2.75, 3.05) is 0 Å². The molecule has 0 amide bonds. The van der Waals surface area contributed by atoms with Gasteiger partial charge in [-0.1, -0.05) is 12.0 Å². The summed E-state index contributed by atoms with van der Waals surface area (Å²) >= 11 is 2.00. The maximum atomic E-state index is 10.7. The molecule has 4 heteroatoms. The molecule has 3 nitrogen and oxygen atoms in total. The number of carbonyl (C=O) groups is 1. The van der Waals surface area contributed by atoms with Crippen LogP contribution in [0.25, 0.3) is 0 Å². The summed E-state index contributed by atoms with van der Waals surface area (Å²) in [5, 5.41) is 18.2. The molecule has 0 aliphatic rings. The van der Waals surface area contributed by atoms with Crippen molar-refractivity contribution in [2.24, 2.45) is 0 Å². The van der Waals surface area contributed by atoms with Crippen LogP contribution >= 0.6 is 22.6 Å². The first-order valence-electron chi connectivity index (χ1n) is 4.67. The van der Waals surface area contributed by atoms with Crippen LogP contribution in [0.4, 0.5) is 0 Å². The normalized spacial score (nSPS) is 11.4. The predicted molar refractivity (Wildman–Crippen MR) is 69.3 cm³/mol. The second kappa shape index (κ2) is 5.75. The lowest BCUT2D eigenvalue weighted by atomic mass is 9.96. The highest BCUT2D eigenvalue weighted by molar-refractivity contribution is 14.1. The maximum Gasteiger partial charge on any atom is 0.304 e. The lowest BCUT2D eigenvalue weighted by Gasteiger charge is -2.09. The van der Waals surface area contributed by atoms with Gasteiger partial charge >= 0.3 is 5.97 Å². The molecule has 1 atom stereocenters. The van der Waals surface area contributed by atoms with Crippen molar-refractivity contribution in [1.29, 1.82) is 0 Å². The summed E-state index contributed by atoms with van der Waals surface area (Å²) in [5.41, 5.74) is 0.818. The number of carboxylic acids is 1. The molecule has 84 valence electrons. The number of carboxylic acid groups (broad SMARTS) is 1. The van der Waals surface area contributed by atoms with E-state index < -0.39 is 5.97 Å². The molecule has 0 spiro atoms. The predicted octanol–water partition coefficient (Wildman–Crippen LogP) is 2.58. The van der Waals surface area contributed by atoms with Crippen LogP contribution in [0.1, 0.15) is 24.8 Å². The van der Waals surface area contributed by atoms with Gasteiger partial charge in [-0.25, -0.2) is 0 Å². The molecule has 0 saturated carbocycles. The number of aliphatic carboxylic acids is 1. The summed E-state index contributed by atoms with van der Waals surface area (Å²) in [5.74, 6) is 4.58. The number of hydrogen-bond acceptors (Lipinski definition) is 2. The fraction of sp³-hybridized carbons (Fsp3) is 0.250. The molecule has 1 unspecified atom stereocenters. The average Bonchev–Trinajstić information content (AvgIpc) is 2.21. The molecule has 1 rings (SSSR count). The summed E-state index contributed by atoms with van der Waals surface area (Å²) in [4.78, 5) is 10.7.